The maximum Gasteiger partial charge on any atom is 0.295 e. The van der Waals surface area contributed by atoms with Gasteiger partial charge in [0.15, 0.2) is 6.23 Å². The molecular formula is C26H32N4O5S. The van der Waals surface area contributed by atoms with Crippen molar-refractivity contribution in [2.24, 2.45) is 11.8 Å². The molecule has 0 spiro atoms. The first kappa shape index (κ1) is 25.8. The molecule has 1 saturated heterocycles. The fourth-order valence-corrected chi connectivity index (χ4v) is 5.83. The lowest BCUT2D eigenvalue weighted by molar-refractivity contribution is -0.143. The summed E-state index contributed by atoms with van der Waals surface area (Å²) in [5.74, 6) is -0.101. The summed E-state index contributed by atoms with van der Waals surface area (Å²) in [7, 11) is 3.22. The van der Waals surface area contributed by atoms with Gasteiger partial charge in [-0.1, -0.05) is 26.8 Å². The topological polar surface area (TPSA) is 95.8 Å². The van der Waals surface area contributed by atoms with Gasteiger partial charge in [0.1, 0.15) is 10.8 Å². The van der Waals surface area contributed by atoms with Crippen LogP contribution in [0.4, 0.5) is 0 Å². The van der Waals surface area contributed by atoms with E-state index in [2.05, 4.69) is 30.9 Å². The van der Waals surface area contributed by atoms with Crippen molar-refractivity contribution in [1.82, 2.24) is 19.7 Å². The molecule has 0 bridgehead atoms. The molecule has 0 radical (unpaired) electrons. The normalized spacial score (nSPS) is 22.0. The summed E-state index contributed by atoms with van der Waals surface area (Å²) in [4.78, 5) is 32.0. The van der Waals surface area contributed by atoms with Gasteiger partial charge in [-0.05, 0) is 29.2 Å². The number of likely N-dealkylation sites (tertiary alicyclic amines) is 1. The molecule has 1 aromatic carbocycles. The van der Waals surface area contributed by atoms with E-state index in [-0.39, 0.29) is 23.2 Å². The molecule has 36 heavy (non-hydrogen) atoms. The summed E-state index contributed by atoms with van der Waals surface area (Å²) >= 11 is 1.46. The zero-order chi connectivity index (χ0) is 25.9. The van der Waals surface area contributed by atoms with Crippen molar-refractivity contribution >= 4 is 23.7 Å². The second-order valence-corrected chi connectivity index (χ2v) is 10.8. The smallest absolute Gasteiger partial charge is 0.295 e. The van der Waals surface area contributed by atoms with Crippen LogP contribution >= 0.6 is 11.3 Å². The van der Waals surface area contributed by atoms with Crippen LogP contribution in [-0.2, 0) is 26.2 Å². The molecule has 1 fully saturated rings. The molecule has 2 aromatic heterocycles. The lowest BCUT2D eigenvalue weighted by atomic mass is 9.85. The molecule has 1 aliphatic rings. The molecule has 1 amide bonds. The Hall–Kier alpha value is -3.24. The molecular weight excluding hydrogens is 480 g/mol. The average Bonchev–Trinajstić information content (AvgIpc) is 3.61. The predicted molar refractivity (Wildman–Crippen MR) is 135 cm³/mol. The van der Waals surface area contributed by atoms with Gasteiger partial charge >= 0.3 is 0 Å². The van der Waals surface area contributed by atoms with Crippen LogP contribution < -0.4 is 4.74 Å². The molecule has 3 heterocycles. The lowest BCUT2D eigenvalue weighted by Gasteiger charge is -2.30. The number of ether oxygens (including phenoxy) is 3. The van der Waals surface area contributed by atoms with E-state index in [0.717, 1.165) is 10.6 Å². The average molecular weight is 513 g/mol. The Morgan fingerprint density at radius 3 is 2.58 bits per heavy atom. The van der Waals surface area contributed by atoms with Crippen LogP contribution in [0.2, 0.25) is 0 Å². The Morgan fingerprint density at radius 1 is 1.19 bits per heavy atom. The molecule has 0 saturated carbocycles. The van der Waals surface area contributed by atoms with E-state index in [1.807, 2.05) is 23.7 Å². The van der Waals surface area contributed by atoms with E-state index in [9.17, 15) is 9.59 Å². The lowest BCUT2D eigenvalue weighted by Crippen LogP contribution is -2.41. The van der Waals surface area contributed by atoms with Crippen LogP contribution in [0.25, 0.3) is 0 Å². The van der Waals surface area contributed by atoms with E-state index in [1.54, 1.807) is 48.3 Å². The largest absolute Gasteiger partial charge is 0.496 e. The SMILES string of the molecule is COC[C@H]1[C@H](Cn2cccn2)[C@@H](OC=O)N(C(=O)c2ccc(C(C)(C)C)c(OC)c2)[C@H]1c1nccs1. The number of thiazole rings is 1. The third-order valence-corrected chi connectivity index (χ3v) is 7.45. The van der Waals surface area contributed by atoms with Crippen LogP contribution in [0.15, 0.2) is 48.2 Å². The Kier molecular flexibility index (Phi) is 7.75. The molecule has 0 N–H and O–H groups in total. The monoisotopic (exact) mass is 512 g/mol. The van der Waals surface area contributed by atoms with E-state index in [1.165, 1.54) is 11.3 Å². The number of rotatable bonds is 9. The minimum absolute atomic E-state index is 0.161. The van der Waals surface area contributed by atoms with Crippen molar-refractivity contribution < 1.29 is 23.8 Å². The summed E-state index contributed by atoms with van der Waals surface area (Å²) in [6.45, 7) is 7.47. The van der Waals surface area contributed by atoms with Crippen molar-refractivity contribution in [1.29, 1.82) is 0 Å². The number of hydrogen-bond donors (Lipinski definition) is 0. The number of hydrogen-bond acceptors (Lipinski definition) is 8. The molecule has 4 rings (SSSR count). The van der Waals surface area contributed by atoms with E-state index in [4.69, 9.17) is 14.2 Å². The van der Waals surface area contributed by atoms with Crippen molar-refractivity contribution in [3.8, 4) is 5.75 Å². The zero-order valence-corrected chi connectivity index (χ0v) is 22.0. The second-order valence-electron chi connectivity index (χ2n) is 9.83. The molecule has 0 aliphatic carbocycles. The van der Waals surface area contributed by atoms with Gasteiger partial charge in [-0.25, -0.2) is 4.98 Å². The highest BCUT2D eigenvalue weighted by Crippen LogP contribution is 2.47. The van der Waals surface area contributed by atoms with Crippen molar-refractivity contribution in [3.05, 3.63) is 64.4 Å². The molecule has 9 nitrogen and oxygen atoms in total. The highest BCUT2D eigenvalue weighted by molar-refractivity contribution is 7.09. The predicted octanol–water partition coefficient (Wildman–Crippen LogP) is 3.92. The first-order valence-electron chi connectivity index (χ1n) is 11.8. The van der Waals surface area contributed by atoms with Gasteiger partial charge in [0, 0.05) is 55.0 Å². The highest BCUT2D eigenvalue weighted by Gasteiger charge is 2.54. The quantitative estimate of drug-likeness (QED) is 0.401. The molecule has 192 valence electrons. The fraction of sp³-hybridized carbons (Fsp3) is 0.462. The summed E-state index contributed by atoms with van der Waals surface area (Å²) in [5, 5.41) is 6.97. The van der Waals surface area contributed by atoms with Gasteiger partial charge in [0.25, 0.3) is 12.4 Å². The summed E-state index contributed by atoms with van der Waals surface area (Å²) in [5.41, 5.74) is 1.27. The zero-order valence-electron chi connectivity index (χ0n) is 21.2. The van der Waals surface area contributed by atoms with E-state index in [0.29, 0.717) is 30.9 Å². The van der Waals surface area contributed by atoms with Crippen LogP contribution in [0.3, 0.4) is 0 Å². The van der Waals surface area contributed by atoms with Gasteiger partial charge in [-0.15, -0.1) is 11.3 Å². The van der Waals surface area contributed by atoms with Gasteiger partial charge in [0.2, 0.25) is 0 Å². The van der Waals surface area contributed by atoms with E-state index < -0.39 is 12.3 Å². The Bertz CT molecular complexity index is 1160. The van der Waals surface area contributed by atoms with Crippen molar-refractivity contribution in [2.45, 2.75) is 45.0 Å². The molecule has 10 heteroatoms. The van der Waals surface area contributed by atoms with E-state index >= 15 is 0 Å². The maximum absolute atomic E-state index is 14.2. The molecule has 4 atom stereocenters. The molecule has 3 aromatic rings. The maximum atomic E-state index is 14.2. The van der Waals surface area contributed by atoms with Crippen LogP contribution in [0, 0.1) is 11.8 Å². The number of nitrogens with zero attached hydrogens (tertiary/aromatic N) is 4. The van der Waals surface area contributed by atoms with Crippen molar-refractivity contribution in [2.75, 3.05) is 20.8 Å². The standard InChI is InChI=1S/C26H32N4O5S/c1-26(2,3)20-8-7-17(13-21(20)34-5)24(32)30-22(23-27-10-12-36-23)19(15-33-4)18(25(30)35-16-31)14-29-11-6-9-28-29/h6-13,16,18-19,22,25H,14-15H2,1-5H3/t18-,19-,22+,25+/m0/s1. The van der Waals surface area contributed by atoms with Crippen LogP contribution in [0.1, 0.15) is 47.7 Å². The third kappa shape index (κ3) is 5.01. The number of methoxy groups -OCH3 is 2. The number of carbonyl (C=O) groups excluding carboxylic acids is 2. The van der Waals surface area contributed by atoms with Gasteiger partial charge in [-0.3, -0.25) is 19.2 Å². The first-order chi connectivity index (χ1) is 17.3. The highest BCUT2D eigenvalue weighted by atomic mass is 32.1. The Labute approximate surface area is 215 Å². The number of amides is 1. The summed E-state index contributed by atoms with van der Waals surface area (Å²) in [6, 6.07) is 6.86. The Balaban J connectivity index is 1.81. The van der Waals surface area contributed by atoms with Gasteiger partial charge < -0.3 is 14.2 Å². The first-order valence-corrected chi connectivity index (χ1v) is 12.6. The van der Waals surface area contributed by atoms with Crippen molar-refractivity contribution in [3.63, 3.8) is 0 Å². The van der Waals surface area contributed by atoms with Crippen LogP contribution in [-0.4, -0.2) is 59.1 Å². The van der Waals surface area contributed by atoms with Gasteiger partial charge in [0.05, 0.1) is 19.8 Å². The minimum atomic E-state index is -0.832. The number of aromatic nitrogens is 3. The molecule has 0 unspecified atom stereocenters. The third-order valence-electron chi connectivity index (χ3n) is 6.60. The molecule has 1 aliphatic heterocycles. The Morgan fingerprint density at radius 2 is 2.00 bits per heavy atom. The fourth-order valence-electron chi connectivity index (χ4n) is 5.01. The second kappa shape index (κ2) is 10.8. The summed E-state index contributed by atoms with van der Waals surface area (Å²) < 4.78 is 18.7. The van der Waals surface area contributed by atoms with Crippen LogP contribution in [0.5, 0.6) is 5.75 Å². The number of carbonyl (C=O) groups is 2. The van der Waals surface area contributed by atoms with Gasteiger partial charge in [-0.2, -0.15) is 5.10 Å². The summed E-state index contributed by atoms with van der Waals surface area (Å²) in [6.07, 6.45) is 4.42. The number of benzene rings is 1. The minimum Gasteiger partial charge on any atom is -0.496 e.